The van der Waals surface area contributed by atoms with Gasteiger partial charge in [0.2, 0.25) is 0 Å². The van der Waals surface area contributed by atoms with Crippen molar-refractivity contribution in [3.63, 3.8) is 0 Å². The van der Waals surface area contributed by atoms with E-state index in [2.05, 4.69) is 244 Å². The molecule has 1 aromatic heterocycles. The number of aromatic nitrogens is 2. The summed E-state index contributed by atoms with van der Waals surface area (Å²) >= 11 is 0. The van der Waals surface area contributed by atoms with Crippen LogP contribution in [0.3, 0.4) is 0 Å². The molecule has 0 atom stereocenters. The second-order valence-corrected chi connectivity index (χ2v) is 21.3. The molecule has 1 aliphatic rings. The fourth-order valence-electron chi connectivity index (χ4n) is 9.32. The fourth-order valence-corrected chi connectivity index (χ4v) is 12.2. The van der Waals surface area contributed by atoms with Crippen LogP contribution in [0.5, 0.6) is 0 Å². The Kier molecular flexibility index (Phi) is 9.68. The highest BCUT2D eigenvalue weighted by molar-refractivity contribution is 7.03. The first-order chi connectivity index (χ1) is 31.0. The third kappa shape index (κ3) is 7.23. The van der Waals surface area contributed by atoms with Gasteiger partial charge in [0.05, 0.1) is 5.69 Å². The minimum absolute atomic E-state index is 0.759. The van der Waals surface area contributed by atoms with Gasteiger partial charge in [-0.2, -0.15) is 0 Å². The van der Waals surface area contributed by atoms with Crippen LogP contribution in [-0.4, -0.2) is 18.0 Å². The standard InChI is InChI=1S/C60H44N2Si/c1-63(2)56-30-13-12-29-55(56)57-58(50-27-15-24-47(36-50)42-19-8-4-9-20-42)61-59(62-60(57)63)51-28-16-26-49(37-51)54-39-52(43-21-10-5-11-22-43)38-53(40-54)48-25-14-23-46(35-48)45-33-31-44(32-34-45)41-17-6-3-7-18-41/h3-40H,1-2H3. The summed E-state index contributed by atoms with van der Waals surface area (Å²) in [6.45, 7) is 4.86. The Bertz CT molecular complexity index is 3280. The number of hydrogen-bond acceptors (Lipinski definition) is 2. The zero-order chi connectivity index (χ0) is 42.3. The molecule has 10 aromatic rings. The highest BCUT2D eigenvalue weighted by Gasteiger charge is 2.41. The van der Waals surface area contributed by atoms with E-state index in [1.807, 2.05) is 0 Å². The monoisotopic (exact) mass is 820 g/mol. The van der Waals surface area contributed by atoms with Crippen LogP contribution < -0.4 is 10.5 Å². The van der Waals surface area contributed by atoms with Crippen LogP contribution in [0.25, 0.3) is 101 Å². The van der Waals surface area contributed by atoms with Gasteiger partial charge in [-0.25, -0.2) is 9.97 Å². The molecule has 9 aromatic carbocycles. The van der Waals surface area contributed by atoms with Crippen molar-refractivity contribution in [2.75, 3.05) is 0 Å². The second kappa shape index (κ2) is 16.0. The van der Waals surface area contributed by atoms with Crippen molar-refractivity contribution in [1.82, 2.24) is 9.97 Å². The quantitative estimate of drug-likeness (QED) is 0.143. The van der Waals surface area contributed by atoms with Gasteiger partial charge in [-0.1, -0.05) is 207 Å². The number of fused-ring (bicyclic) bond motifs is 3. The number of rotatable bonds is 8. The van der Waals surface area contributed by atoms with Crippen LogP contribution in [0.1, 0.15) is 0 Å². The molecular weight excluding hydrogens is 777 g/mol. The lowest BCUT2D eigenvalue weighted by Crippen LogP contribution is -2.50. The maximum atomic E-state index is 5.53. The van der Waals surface area contributed by atoms with E-state index in [-0.39, 0.29) is 0 Å². The van der Waals surface area contributed by atoms with E-state index in [1.54, 1.807) is 0 Å². The summed E-state index contributed by atoms with van der Waals surface area (Å²) in [4.78, 5) is 11.1. The van der Waals surface area contributed by atoms with Gasteiger partial charge in [-0.15, -0.1) is 0 Å². The minimum atomic E-state index is -2.15. The van der Waals surface area contributed by atoms with Crippen molar-refractivity contribution in [1.29, 1.82) is 0 Å². The Hall–Kier alpha value is -7.72. The van der Waals surface area contributed by atoms with E-state index in [9.17, 15) is 0 Å². The molecule has 0 fully saturated rings. The molecule has 2 nitrogen and oxygen atoms in total. The summed E-state index contributed by atoms with van der Waals surface area (Å²) in [6, 6.07) is 83.2. The van der Waals surface area contributed by atoms with E-state index in [0.717, 1.165) is 33.8 Å². The van der Waals surface area contributed by atoms with E-state index in [4.69, 9.17) is 9.97 Å². The molecule has 0 N–H and O–H groups in total. The van der Waals surface area contributed by atoms with Crippen LogP contribution in [0.4, 0.5) is 0 Å². The van der Waals surface area contributed by atoms with E-state index in [0.29, 0.717) is 0 Å². The molecule has 0 saturated heterocycles. The lowest BCUT2D eigenvalue weighted by atomic mass is 9.91. The second-order valence-electron chi connectivity index (χ2n) is 17.0. The van der Waals surface area contributed by atoms with E-state index < -0.39 is 8.07 Å². The van der Waals surface area contributed by atoms with E-state index in [1.165, 1.54) is 77.3 Å². The van der Waals surface area contributed by atoms with Gasteiger partial charge in [0.15, 0.2) is 5.82 Å². The Morgan fingerprint density at radius 3 is 1.21 bits per heavy atom. The van der Waals surface area contributed by atoms with Gasteiger partial charge in [-0.05, 0) is 114 Å². The molecule has 0 unspecified atom stereocenters. The largest absolute Gasteiger partial charge is 0.237 e. The lowest BCUT2D eigenvalue weighted by Gasteiger charge is -2.19. The van der Waals surface area contributed by atoms with Gasteiger partial charge in [-0.3, -0.25) is 0 Å². The molecule has 0 saturated carbocycles. The minimum Gasteiger partial charge on any atom is -0.237 e. The zero-order valence-corrected chi connectivity index (χ0v) is 36.3. The number of nitrogens with zero attached hydrogens (tertiary/aromatic N) is 2. The summed E-state index contributed by atoms with van der Waals surface area (Å²) in [6.07, 6.45) is 0. The highest BCUT2D eigenvalue weighted by atomic mass is 28.3. The van der Waals surface area contributed by atoms with E-state index >= 15 is 0 Å². The summed E-state index contributed by atoms with van der Waals surface area (Å²) < 4.78 is 0. The maximum absolute atomic E-state index is 5.53. The molecule has 2 heterocycles. The van der Waals surface area contributed by atoms with Crippen LogP contribution in [0, 0.1) is 0 Å². The Morgan fingerprint density at radius 2 is 0.635 bits per heavy atom. The molecular formula is C60H44N2Si. The van der Waals surface area contributed by atoms with Crippen LogP contribution in [0.2, 0.25) is 13.1 Å². The summed E-state index contributed by atoms with van der Waals surface area (Å²) in [7, 11) is -2.15. The predicted octanol–water partition coefficient (Wildman–Crippen LogP) is 14.6. The zero-order valence-electron chi connectivity index (χ0n) is 35.3. The topological polar surface area (TPSA) is 25.8 Å². The lowest BCUT2D eigenvalue weighted by molar-refractivity contribution is 1.21. The average Bonchev–Trinajstić information content (AvgIpc) is 3.60. The molecule has 0 bridgehead atoms. The SMILES string of the molecule is C[Si]1(C)c2ccccc2-c2c(-c3cccc(-c4ccccc4)c3)nc(-c3cccc(-c4cc(-c5ccccc5)cc(-c5cccc(-c6ccc(-c7ccccc7)cc6)c5)c4)c3)nc21. The first-order valence-electron chi connectivity index (χ1n) is 21.7. The van der Waals surface area contributed by atoms with Crippen molar-refractivity contribution in [3.05, 3.63) is 231 Å². The average molecular weight is 821 g/mol. The van der Waals surface area contributed by atoms with Crippen molar-refractivity contribution in [3.8, 4) is 101 Å². The molecule has 0 radical (unpaired) electrons. The first kappa shape index (κ1) is 38.2. The number of benzene rings is 9. The molecule has 63 heavy (non-hydrogen) atoms. The molecule has 298 valence electrons. The smallest absolute Gasteiger partial charge is 0.159 e. The molecule has 1 aliphatic heterocycles. The Morgan fingerprint density at radius 1 is 0.286 bits per heavy atom. The van der Waals surface area contributed by atoms with Gasteiger partial charge >= 0.3 is 0 Å². The number of hydrogen-bond donors (Lipinski definition) is 0. The summed E-state index contributed by atoms with van der Waals surface area (Å²) in [5.41, 5.74) is 19.7. The predicted molar refractivity (Wildman–Crippen MR) is 268 cm³/mol. The molecule has 11 rings (SSSR count). The van der Waals surface area contributed by atoms with Gasteiger partial charge in [0.1, 0.15) is 8.07 Å². The van der Waals surface area contributed by atoms with Gasteiger partial charge in [0.25, 0.3) is 0 Å². The van der Waals surface area contributed by atoms with Crippen molar-refractivity contribution >= 4 is 18.6 Å². The maximum Gasteiger partial charge on any atom is 0.159 e. The van der Waals surface area contributed by atoms with Crippen LogP contribution in [-0.2, 0) is 0 Å². The van der Waals surface area contributed by atoms with Crippen molar-refractivity contribution < 1.29 is 0 Å². The third-order valence-electron chi connectivity index (χ3n) is 12.6. The Balaban J connectivity index is 1.02. The molecule has 0 spiro atoms. The Labute approximate surface area is 370 Å². The molecule has 3 heteroatoms. The van der Waals surface area contributed by atoms with Crippen LogP contribution >= 0.6 is 0 Å². The molecule has 0 amide bonds. The fraction of sp³-hybridized carbons (Fsp3) is 0.0333. The normalized spacial score (nSPS) is 12.4. The van der Waals surface area contributed by atoms with Gasteiger partial charge < -0.3 is 0 Å². The van der Waals surface area contributed by atoms with Crippen LogP contribution in [0.15, 0.2) is 231 Å². The molecule has 0 aliphatic carbocycles. The third-order valence-corrected chi connectivity index (χ3v) is 16.0. The summed E-state index contributed by atoms with van der Waals surface area (Å²) in [5.74, 6) is 0.759. The van der Waals surface area contributed by atoms with Crippen molar-refractivity contribution in [2.45, 2.75) is 13.1 Å². The first-order valence-corrected chi connectivity index (χ1v) is 24.7. The van der Waals surface area contributed by atoms with Crippen molar-refractivity contribution in [2.24, 2.45) is 0 Å². The summed E-state index contributed by atoms with van der Waals surface area (Å²) in [5, 5.41) is 2.61. The highest BCUT2D eigenvalue weighted by Crippen LogP contribution is 2.39. The van der Waals surface area contributed by atoms with Gasteiger partial charge in [0, 0.05) is 22.0 Å².